The first-order chi connectivity index (χ1) is 11.0. The Morgan fingerprint density at radius 3 is 2.57 bits per heavy atom. The Hall–Kier alpha value is -1.99. The number of anilines is 1. The molecule has 0 aromatic heterocycles. The van der Waals surface area contributed by atoms with Crippen molar-refractivity contribution in [1.29, 1.82) is 0 Å². The second kappa shape index (κ2) is 8.03. The van der Waals surface area contributed by atoms with Gasteiger partial charge in [0.1, 0.15) is 0 Å². The van der Waals surface area contributed by atoms with E-state index in [1.165, 1.54) is 23.5 Å². The van der Waals surface area contributed by atoms with Gasteiger partial charge in [-0.25, -0.2) is 0 Å². The van der Waals surface area contributed by atoms with Crippen LogP contribution in [0.2, 0.25) is 0 Å². The van der Waals surface area contributed by atoms with Crippen molar-refractivity contribution in [3.05, 3.63) is 34.4 Å². The van der Waals surface area contributed by atoms with Gasteiger partial charge in [0.25, 0.3) is 5.69 Å². The topological polar surface area (TPSA) is 75.9 Å². The van der Waals surface area contributed by atoms with Gasteiger partial charge in [0.15, 0.2) is 0 Å². The van der Waals surface area contributed by atoms with Crippen molar-refractivity contribution in [2.75, 3.05) is 38.7 Å². The molecular formula is C16H23N3O4. The molecule has 1 aromatic rings. The molecule has 1 amide bonds. The Labute approximate surface area is 136 Å². The van der Waals surface area contributed by atoms with Gasteiger partial charge in [-0.05, 0) is 38.4 Å². The number of carbonyl (C=O) groups is 1. The van der Waals surface area contributed by atoms with E-state index >= 15 is 0 Å². The molecule has 126 valence electrons. The van der Waals surface area contributed by atoms with Crippen molar-refractivity contribution >= 4 is 17.3 Å². The fraction of sp³-hybridized carbons (Fsp3) is 0.562. The smallest absolute Gasteiger partial charge is 0.269 e. The molecule has 0 N–H and O–H groups in total. The number of nitro benzene ring substituents is 1. The van der Waals surface area contributed by atoms with Crippen LogP contribution in [0.5, 0.6) is 0 Å². The van der Waals surface area contributed by atoms with E-state index in [1.54, 1.807) is 19.2 Å². The van der Waals surface area contributed by atoms with E-state index in [2.05, 4.69) is 0 Å². The first-order valence-electron chi connectivity index (χ1n) is 7.78. The Balaban J connectivity index is 1.87. The van der Waals surface area contributed by atoms with E-state index in [-0.39, 0.29) is 24.2 Å². The molecule has 0 radical (unpaired) electrons. The van der Waals surface area contributed by atoms with Crippen molar-refractivity contribution in [2.45, 2.75) is 25.4 Å². The van der Waals surface area contributed by atoms with Gasteiger partial charge in [-0.1, -0.05) is 0 Å². The minimum atomic E-state index is -0.455. The molecular weight excluding hydrogens is 298 g/mol. The van der Waals surface area contributed by atoms with Crippen LogP contribution in [0.3, 0.4) is 0 Å². The first kappa shape index (κ1) is 17.4. The lowest BCUT2D eigenvalue weighted by Crippen LogP contribution is -2.40. The molecule has 0 bridgehead atoms. The van der Waals surface area contributed by atoms with Crippen molar-refractivity contribution in [1.82, 2.24) is 4.90 Å². The van der Waals surface area contributed by atoms with Gasteiger partial charge in [0.2, 0.25) is 5.91 Å². The normalized spacial score (nSPS) is 18.0. The van der Waals surface area contributed by atoms with Crippen LogP contribution in [0, 0.1) is 10.1 Å². The third-order valence-corrected chi connectivity index (χ3v) is 4.02. The largest absolute Gasteiger partial charge is 0.377 e. The van der Waals surface area contributed by atoms with E-state index in [1.807, 2.05) is 11.9 Å². The zero-order chi connectivity index (χ0) is 16.8. The Morgan fingerprint density at radius 2 is 2.00 bits per heavy atom. The Kier molecular flexibility index (Phi) is 6.06. The third-order valence-electron chi connectivity index (χ3n) is 4.02. The number of carbonyl (C=O) groups excluding carboxylic acids is 1. The minimum absolute atomic E-state index is 0.0150. The summed E-state index contributed by atoms with van der Waals surface area (Å²) in [6, 6.07) is 5.97. The summed E-state index contributed by atoms with van der Waals surface area (Å²) in [5.74, 6) is -0.0582. The average Bonchev–Trinajstić information content (AvgIpc) is 2.55. The summed E-state index contributed by atoms with van der Waals surface area (Å²) in [7, 11) is 3.58. The number of ether oxygens (including phenoxy) is 1. The van der Waals surface area contributed by atoms with Gasteiger partial charge in [-0.2, -0.15) is 0 Å². The van der Waals surface area contributed by atoms with Gasteiger partial charge < -0.3 is 9.64 Å². The van der Waals surface area contributed by atoms with Crippen LogP contribution >= 0.6 is 0 Å². The number of likely N-dealkylation sites (N-methyl/N-ethyl adjacent to an activating group) is 2. The van der Waals surface area contributed by atoms with Crippen LogP contribution < -0.4 is 4.90 Å². The summed E-state index contributed by atoms with van der Waals surface area (Å²) in [5.41, 5.74) is 0.657. The van der Waals surface area contributed by atoms with E-state index in [4.69, 9.17) is 4.74 Å². The maximum Gasteiger partial charge on any atom is 0.269 e. The molecule has 0 saturated carbocycles. The lowest BCUT2D eigenvalue weighted by molar-refractivity contribution is -0.384. The molecule has 0 aliphatic carbocycles. The third kappa shape index (κ3) is 5.01. The SMILES string of the molecule is CN(CC(=O)N(C)c1ccc([N+](=O)[O-])cc1)CC1CCCCO1. The second-order valence-electron chi connectivity index (χ2n) is 5.91. The lowest BCUT2D eigenvalue weighted by atomic mass is 10.1. The average molecular weight is 321 g/mol. The molecule has 23 heavy (non-hydrogen) atoms. The summed E-state index contributed by atoms with van der Waals surface area (Å²) in [5, 5.41) is 10.7. The van der Waals surface area contributed by atoms with Crippen molar-refractivity contribution < 1.29 is 14.5 Å². The number of hydrogen-bond donors (Lipinski definition) is 0. The van der Waals surface area contributed by atoms with E-state index < -0.39 is 4.92 Å². The fourth-order valence-electron chi connectivity index (χ4n) is 2.64. The summed E-state index contributed by atoms with van der Waals surface area (Å²) < 4.78 is 5.68. The zero-order valence-electron chi connectivity index (χ0n) is 13.6. The fourth-order valence-corrected chi connectivity index (χ4v) is 2.64. The molecule has 0 spiro atoms. The van der Waals surface area contributed by atoms with E-state index in [0.717, 1.165) is 26.0 Å². The number of hydrogen-bond acceptors (Lipinski definition) is 5. The van der Waals surface area contributed by atoms with E-state index in [9.17, 15) is 14.9 Å². The van der Waals surface area contributed by atoms with Gasteiger partial charge in [-0.3, -0.25) is 19.8 Å². The number of rotatable bonds is 6. The molecule has 7 heteroatoms. The Morgan fingerprint density at radius 1 is 1.30 bits per heavy atom. The van der Waals surface area contributed by atoms with Crippen LogP contribution in [0.25, 0.3) is 0 Å². The van der Waals surface area contributed by atoms with Crippen LogP contribution in [0.1, 0.15) is 19.3 Å². The summed E-state index contributed by atoms with van der Waals surface area (Å²) in [6.45, 7) is 1.82. The molecule has 2 rings (SSSR count). The van der Waals surface area contributed by atoms with Crippen molar-refractivity contribution in [2.24, 2.45) is 0 Å². The van der Waals surface area contributed by atoms with Crippen LogP contribution in [-0.4, -0.2) is 55.6 Å². The van der Waals surface area contributed by atoms with Crippen LogP contribution in [0.15, 0.2) is 24.3 Å². The molecule has 1 heterocycles. The second-order valence-corrected chi connectivity index (χ2v) is 5.91. The monoisotopic (exact) mass is 321 g/mol. The quantitative estimate of drug-likeness (QED) is 0.592. The number of non-ortho nitro benzene ring substituents is 1. The molecule has 1 aliphatic rings. The molecule has 1 aliphatic heterocycles. The summed E-state index contributed by atoms with van der Waals surface area (Å²) >= 11 is 0. The van der Waals surface area contributed by atoms with E-state index in [0.29, 0.717) is 5.69 Å². The van der Waals surface area contributed by atoms with Crippen molar-refractivity contribution in [3.63, 3.8) is 0 Å². The van der Waals surface area contributed by atoms with Gasteiger partial charge >= 0.3 is 0 Å². The molecule has 1 aromatic carbocycles. The Bertz CT molecular complexity index is 541. The number of amides is 1. The maximum atomic E-state index is 12.3. The van der Waals surface area contributed by atoms with Gasteiger partial charge in [-0.15, -0.1) is 0 Å². The summed E-state index contributed by atoms with van der Waals surface area (Å²) in [6.07, 6.45) is 3.53. The van der Waals surface area contributed by atoms with Gasteiger partial charge in [0, 0.05) is 38.0 Å². The predicted molar refractivity (Wildman–Crippen MR) is 87.6 cm³/mol. The highest BCUT2D eigenvalue weighted by atomic mass is 16.6. The predicted octanol–water partition coefficient (Wildman–Crippen LogP) is 2.06. The lowest BCUT2D eigenvalue weighted by Gasteiger charge is -2.28. The molecule has 1 atom stereocenters. The highest BCUT2D eigenvalue weighted by Gasteiger charge is 2.19. The number of benzene rings is 1. The zero-order valence-corrected chi connectivity index (χ0v) is 13.6. The van der Waals surface area contributed by atoms with Crippen LogP contribution in [0.4, 0.5) is 11.4 Å². The first-order valence-corrected chi connectivity index (χ1v) is 7.78. The van der Waals surface area contributed by atoms with Crippen molar-refractivity contribution in [3.8, 4) is 0 Å². The summed E-state index contributed by atoms with van der Waals surface area (Å²) in [4.78, 5) is 26.0. The highest BCUT2D eigenvalue weighted by molar-refractivity contribution is 5.94. The molecule has 1 fully saturated rings. The minimum Gasteiger partial charge on any atom is -0.377 e. The maximum absolute atomic E-state index is 12.3. The molecule has 1 saturated heterocycles. The van der Waals surface area contributed by atoms with Gasteiger partial charge in [0.05, 0.1) is 17.6 Å². The number of nitro groups is 1. The molecule has 1 unspecified atom stereocenters. The van der Waals surface area contributed by atoms with Crippen LogP contribution in [-0.2, 0) is 9.53 Å². The standard InChI is InChI=1S/C16H23N3O4/c1-17(11-15-5-3-4-10-23-15)12-16(20)18(2)13-6-8-14(9-7-13)19(21)22/h6-9,15H,3-5,10-12H2,1-2H3. The molecule has 7 nitrogen and oxygen atoms in total. The highest BCUT2D eigenvalue weighted by Crippen LogP contribution is 2.19. The number of nitrogens with zero attached hydrogens (tertiary/aromatic N) is 3.